The fourth-order valence-electron chi connectivity index (χ4n) is 3.02. The van der Waals surface area contributed by atoms with E-state index in [1.807, 2.05) is 6.92 Å². The molecular weight excluding hydrogens is 351 g/mol. The van der Waals surface area contributed by atoms with E-state index in [4.69, 9.17) is 0 Å². The third-order valence-electron chi connectivity index (χ3n) is 4.99. The van der Waals surface area contributed by atoms with Crippen molar-refractivity contribution in [3.63, 3.8) is 0 Å². The van der Waals surface area contributed by atoms with Crippen LogP contribution in [0.4, 0.5) is 20.6 Å². The van der Waals surface area contributed by atoms with E-state index in [9.17, 15) is 19.1 Å². The van der Waals surface area contributed by atoms with Crippen molar-refractivity contribution in [1.29, 1.82) is 0 Å². The van der Waals surface area contributed by atoms with Crippen LogP contribution in [0.3, 0.4) is 0 Å². The van der Waals surface area contributed by atoms with Gasteiger partial charge in [0.1, 0.15) is 5.82 Å². The van der Waals surface area contributed by atoms with Crippen LogP contribution in [0.1, 0.15) is 27.2 Å². The van der Waals surface area contributed by atoms with Crippen LogP contribution in [0.5, 0.6) is 0 Å². The fraction of sp³-hybridized carbons (Fsp3) is 0.579. The topological polar surface area (TPSA) is 84.9 Å². The lowest BCUT2D eigenvalue weighted by Crippen LogP contribution is -2.41. The summed E-state index contributed by atoms with van der Waals surface area (Å²) in [7, 11) is 0. The molecule has 2 rings (SSSR count). The lowest BCUT2D eigenvalue weighted by atomic mass is 10.1. The summed E-state index contributed by atoms with van der Waals surface area (Å²) in [6.45, 7) is 7.75. The molecule has 2 atom stereocenters. The van der Waals surface area contributed by atoms with Gasteiger partial charge in [0.05, 0.1) is 11.4 Å². The van der Waals surface area contributed by atoms with Gasteiger partial charge < -0.3 is 25.5 Å². The van der Waals surface area contributed by atoms with Gasteiger partial charge in [0.2, 0.25) is 5.91 Å². The number of amides is 3. The van der Waals surface area contributed by atoms with Gasteiger partial charge in [0.25, 0.3) is 0 Å². The Balaban J connectivity index is 2.12. The number of anilines is 2. The van der Waals surface area contributed by atoms with Crippen molar-refractivity contribution >= 4 is 23.3 Å². The van der Waals surface area contributed by atoms with Gasteiger partial charge in [-0.3, -0.25) is 4.79 Å². The summed E-state index contributed by atoms with van der Waals surface area (Å²) in [5.41, 5.74) is 1.10. The lowest BCUT2D eigenvalue weighted by Gasteiger charge is -2.26. The third-order valence-corrected chi connectivity index (χ3v) is 4.99. The molecule has 1 heterocycles. The van der Waals surface area contributed by atoms with E-state index in [1.165, 1.54) is 12.1 Å². The molecule has 7 nitrogen and oxygen atoms in total. The van der Waals surface area contributed by atoms with Crippen LogP contribution in [-0.2, 0) is 4.79 Å². The Labute approximate surface area is 159 Å². The Bertz CT molecular complexity index is 670. The van der Waals surface area contributed by atoms with Crippen molar-refractivity contribution in [3.8, 4) is 0 Å². The molecule has 27 heavy (non-hydrogen) atoms. The minimum Gasteiger partial charge on any atom is -0.396 e. The maximum atomic E-state index is 13.8. The van der Waals surface area contributed by atoms with Crippen LogP contribution in [0, 0.1) is 11.7 Å². The minimum absolute atomic E-state index is 0.0346. The lowest BCUT2D eigenvalue weighted by molar-refractivity contribution is -0.128. The number of hydrogen-bond acceptors (Lipinski definition) is 4. The van der Waals surface area contributed by atoms with Crippen LogP contribution < -0.4 is 15.5 Å². The molecule has 0 spiro atoms. The second kappa shape index (κ2) is 9.55. The van der Waals surface area contributed by atoms with Gasteiger partial charge in [0, 0.05) is 45.8 Å². The first kappa shape index (κ1) is 21.0. The van der Waals surface area contributed by atoms with E-state index >= 15 is 0 Å². The van der Waals surface area contributed by atoms with Gasteiger partial charge in [0.15, 0.2) is 0 Å². The van der Waals surface area contributed by atoms with E-state index in [2.05, 4.69) is 15.5 Å². The maximum absolute atomic E-state index is 13.8. The number of nitrogens with one attached hydrogen (secondary N) is 2. The molecule has 2 unspecified atom stereocenters. The number of halogens is 1. The molecule has 1 aromatic carbocycles. The molecule has 0 aromatic heterocycles. The average molecular weight is 380 g/mol. The Morgan fingerprint density at radius 3 is 2.63 bits per heavy atom. The van der Waals surface area contributed by atoms with Crippen LogP contribution in [0.2, 0.25) is 0 Å². The molecule has 3 amide bonds. The standard InChI is InChI=1S/C19H29FN4O3/c1-13(12-25)14(2)21-19(27)22-17-11-16(20)5-6-18(17)24-8-4-7-23(9-10-24)15(3)26/h5-6,11,13-14,25H,4,7-10,12H2,1-3H3,(H2,21,22,27). The molecule has 0 bridgehead atoms. The quantitative estimate of drug-likeness (QED) is 0.730. The second-order valence-corrected chi connectivity index (χ2v) is 7.06. The van der Waals surface area contributed by atoms with E-state index in [0.29, 0.717) is 31.9 Å². The molecule has 1 aliphatic heterocycles. The number of aliphatic hydroxyl groups excluding tert-OH is 1. The van der Waals surface area contributed by atoms with E-state index < -0.39 is 11.8 Å². The third kappa shape index (κ3) is 5.82. The summed E-state index contributed by atoms with van der Waals surface area (Å²) >= 11 is 0. The zero-order chi connectivity index (χ0) is 20.0. The van der Waals surface area contributed by atoms with E-state index in [1.54, 1.807) is 24.8 Å². The zero-order valence-corrected chi connectivity index (χ0v) is 16.2. The predicted octanol–water partition coefficient (Wildman–Crippen LogP) is 2.02. The van der Waals surface area contributed by atoms with Crippen LogP contribution in [0.25, 0.3) is 0 Å². The van der Waals surface area contributed by atoms with Crippen molar-refractivity contribution in [2.75, 3.05) is 43.0 Å². The van der Waals surface area contributed by atoms with Gasteiger partial charge in [-0.25, -0.2) is 9.18 Å². The Kier molecular flexibility index (Phi) is 7.41. The SMILES string of the molecule is CC(=O)N1CCCN(c2ccc(F)cc2NC(=O)NC(C)C(C)CO)CC1. The van der Waals surface area contributed by atoms with Crippen molar-refractivity contribution in [2.24, 2.45) is 5.92 Å². The second-order valence-electron chi connectivity index (χ2n) is 7.06. The molecule has 0 aliphatic carbocycles. The van der Waals surface area contributed by atoms with Gasteiger partial charge in [-0.2, -0.15) is 0 Å². The minimum atomic E-state index is -0.449. The highest BCUT2D eigenvalue weighted by molar-refractivity contribution is 5.93. The van der Waals surface area contributed by atoms with Crippen molar-refractivity contribution in [1.82, 2.24) is 10.2 Å². The molecule has 1 aliphatic rings. The molecule has 1 aromatic rings. The average Bonchev–Trinajstić information content (AvgIpc) is 2.87. The molecular formula is C19H29FN4O3. The smallest absolute Gasteiger partial charge is 0.319 e. The fourth-order valence-corrected chi connectivity index (χ4v) is 3.02. The first-order valence-corrected chi connectivity index (χ1v) is 9.30. The van der Waals surface area contributed by atoms with Gasteiger partial charge in [-0.05, 0) is 37.5 Å². The molecule has 3 N–H and O–H groups in total. The summed E-state index contributed by atoms with van der Waals surface area (Å²) < 4.78 is 13.8. The van der Waals surface area contributed by atoms with Gasteiger partial charge >= 0.3 is 6.03 Å². The maximum Gasteiger partial charge on any atom is 0.319 e. The van der Waals surface area contributed by atoms with Crippen LogP contribution in [-0.4, -0.2) is 60.8 Å². The summed E-state index contributed by atoms with van der Waals surface area (Å²) in [6.07, 6.45) is 0.799. The summed E-state index contributed by atoms with van der Waals surface area (Å²) in [4.78, 5) is 27.8. The Morgan fingerprint density at radius 1 is 1.22 bits per heavy atom. The van der Waals surface area contributed by atoms with Gasteiger partial charge in [-0.15, -0.1) is 0 Å². The first-order chi connectivity index (χ1) is 12.8. The largest absolute Gasteiger partial charge is 0.396 e. The van der Waals surface area contributed by atoms with Crippen molar-refractivity contribution < 1.29 is 19.1 Å². The molecule has 0 radical (unpaired) electrons. The summed E-state index contributed by atoms with van der Waals surface area (Å²) in [5, 5.41) is 14.7. The number of nitrogens with zero attached hydrogens (tertiary/aromatic N) is 2. The first-order valence-electron chi connectivity index (χ1n) is 9.30. The monoisotopic (exact) mass is 380 g/mol. The summed E-state index contributed by atoms with van der Waals surface area (Å²) in [6, 6.07) is 3.63. The van der Waals surface area contributed by atoms with Crippen LogP contribution in [0.15, 0.2) is 18.2 Å². The molecule has 0 saturated carbocycles. The predicted molar refractivity (Wildman–Crippen MR) is 103 cm³/mol. The number of carbonyl (C=O) groups is 2. The highest BCUT2D eigenvalue weighted by atomic mass is 19.1. The van der Waals surface area contributed by atoms with E-state index in [0.717, 1.165) is 12.1 Å². The normalized spacial score (nSPS) is 17.1. The molecule has 150 valence electrons. The molecule has 1 fully saturated rings. The van der Waals surface area contributed by atoms with Gasteiger partial charge in [-0.1, -0.05) is 6.92 Å². The Hall–Kier alpha value is -2.35. The number of rotatable bonds is 5. The number of benzene rings is 1. The molecule has 1 saturated heterocycles. The van der Waals surface area contributed by atoms with Crippen LogP contribution >= 0.6 is 0 Å². The number of carbonyl (C=O) groups excluding carboxylic acids is 2. The molecule has 8 heteroatoms. The number of aliphatic hydroxyl groups is 1. The summed E-state index contributed by atoms with van der Waals surface area (Å²) in [5.74, 6) is -0.488. The highest BCUT2D eigenvalue weighted by Crippen LogP contribution is 2.28. The van der Waals surface area contributed by atoms with E-state index in [-0.39, 0.29) is 24.5 Å². The number of hydrogen-bond donors (Lipinski definition) is 3. The van der Waals surface area contributed by atoms with Crippen molar-refractivity contribution in [2.45, 2.75) is 33.2 Å². The van der Waals surface area contributed by atoms with Crippen molar-refractivity contribution in [3.05, 3.63) is 24.0 Å². The number of urea groups is 1. The zero-order valence-electron chi connectivity index (χ0n) is 16.2. The Morgan fingerprint density at radius 2 is 1.96 bits per heavy atom. The highest BCUT2D eigenvalue weighted by Gasteiger charge is 2.20.